The second-order valence-electron chi connectivity index (χ2n) is 4.87. The summed E-state index contributed by atoms with van der Waals surface area (Å²) in [4.78, 5) is 14.3. The molecule has 4 nitrogen and oxygen atoms in total. The van der Waals surface area contributed by atoms with Gasteiger partial charge < -0.3 is 15.8 Å². The molecule has 0 aliphatic heterocycles. The van der Waals surface area contributed by atoms with Gasteiger partial charge in [-0.15, -0.1) is 0 Å². The molecule has 4 N–H and O–H groups in total. The molecule has 0 amide bonds. The van der Waals surface area contributed by atoms with E-state index in [1.165, 1.54) is 0 Å². The molecule has 1 aromatic carbocycles. The lowest BCUT2D eigenvalue weighted by atomic mass is 9.98. The van der Waals surface area contributed by atoms with E-state index in [0.717, 1.165) is 22.2 Å². The topological polar surface area (TPSA) is 79.1 Å². The van der Waals surface area contributed by atoms with Gasteiger partial charge in [0.25, 0.3) is 0 Å². The molecular formula is C14H18N2O2. The van der Waals surface area contributed by atoms with Gasteiger partial charge >= 0.3 is 5.97 Å². The number of nitrogens with one attached hydrogen (secondary N) is 1. The Hall–Kier alpha value is -1.81. The first-order valence-electron chi connectivity index (χ1n) is 6.08. The number of para-hydroxylation sites is 1. The highest BCUT2D eigenvalue weighted by Gasteiger charge is 2.19. The molecule has 0 spiro atoms. The van der Waals surface area contributed by atoms with Crippen LogP contribution in [0.2, 0.25) is 0 Å². The molecule has 2 aromatic rings. The van der Waals surface area contributed by atoms with E-state index in [-0.39, 0.29) is 0 Å². The molecule has 1 atom stereocenters. The third-order valence-corrected chi connectivity index (χ3v) is 3.17. The normalized spacial score (nSPS) is 13.1. The van der Waals surface area contributed by atoms with Crippen LogP contribution in [-0.4, -0.2) is 22.1 Å². The maximum Gasteiger partial charge on any atom is 0.320 e. The second-order valence-corrected chi connectivity index (χ2v) is 4.87. The van der Waals surface area contributed by atoms with Crippen molar-refractivity contribution < 1.29 is 9.90 Å². The lowest BCUT2D eigenvalue weighted by molar-refractivity contribution is -0.138. The molecule has 0 aliphatic rings. The average molecular weight is 246 g/mol. The SMILES string of the molecule is CC(C)c1[nH]c2ccccc2c1CC(N)C(=O)O. The van der Waals surface area contributed by atoms with Crippen LogP contribution in [0.3, 0.4) is 0 Å². The highest BCUT2D eigenvalue weighted by Crippen LogP contribution is 2.28. The number of carboxylic acid groups (broad SMARTS) is 1. The summed E-state index contributed by atoms with van der Waals surface area (Å²) in [5.41, 5.74) is 8.79. The molecule has 4 heteroatoms. The molecule has 0 aliphatic carbocycles. The predicted molar refractivity (Wildman–Crippen MR) is 71.7 cm³/mol. The minimum atomic E-state index is -0.963. The smallest absolute Gasteiger partial charge is 0.320 e. The number of fused-ring (bicyclic) bond motifs is 1. The monoisotopic (exact) mass is 246 g/mol. The standard InChI is InChI=1S/C14H18N2O2/c1-8(2)13-10(7-11(15)14(17)18)9-5-3-4-6-12(9)16-13/h3-6,8,11,16H,7,15H2,1-2H3,(H,17,18). The zero-order valence-electron chi connectivity index (χ0n) is 10.6. The number of H-pyrrole nitrogens is 1. The number of carboxylic acids is 1. The van der Waals surface area contributed by atoms with Gasteiger partial charge in [-0.25, -0.2) is 0 Å². The maximum atomic E-state index is 10.9. The molecular weight excluding hydrogens is 228 g/mol. The first kappa shape index (κ1) is 12.6. The van der Waals surface area contributed by atoms with Crippen LogP contribution < -0.4 is 5.73 Å². The van der Waals surface area contributed by atoms with E-state index in [4.69, 9.17) is 10.8 Å². The van der Waals surface area contributed by atoms with Gasteiger partial charge in [0.2, 0.25) is 0 Å². The minimum absolute atomic E-state index is 0.313. The fourth-order valence-corrected chi connectivity index (χ4v) is 2.24. The van der Waals surface area contributed by atoms with Crippen LogP contribution in [0.1, 0.15) is 31.0 Å². The van der Waals surface area contributed by atoms with Gasteiger partial charge in [-0.2, -0.15) is 0 Å². The molecule has 0 saturated carbocycles. The zero-order valence-corrected chi connectivity index (χ0v) is 10.6. The predicted octanol–water partition coefficient (Wildman–Crippen LogP) is 2.25. The van der Waals surface area contributed by atoms with Crippen LogP contribution >= 0.6 is 0 Å². The van der Waals surface area contributed by atoms with Crippen molar-refractivity contribution in [2.24, 2.45) is 5.73 Å². The van der Waals surface area contributed by atoms with E-state index >= 15 is 0 Å². The highest BCUT2D eigenvalue weighted by atomic mass is 16.4. The van der Waals surface area contributed by atoms with Crippen molar-refractivity contribution in [2.45, 2.75) is 32.2 Å². The molecule has 1 aromatic heterocycles. The van der Waals surface area contributed by atoms with Crippen molar-refractivity contribution in [1.29, 1.82) is 0 Å². The number of benzene rings is 1. The van der Waals surface area contributed by atoms with Crippen LogP contribution in [0.4, 0.5) is 0 Å². The number of aromatic amines is 1. The molecule has 0 bridgehead atoms. The molecule has 18 heavy (non-hydrogen) atoms. The minimum Gasteiger partial charge on any atom is -0.480 e. The van der Waals surface area contributed by atoms with Gasteiger partial charge in [-0.05, 0) is 17.5 Å². The summed E-state index contributed by atoms with van der Waals surface area (Å²) < 4.78 is 0. The lowest BCUT2D eigenvalue weighted by Gasteiger charge is -2.10. The van der Waals surface area contributed by atoms with Crippen LogP contribution in [0.25, 0.3) is 10.9 Å². The number of hydrogen-bond acceptors (Lipinski definition) is 2. The number of hydrogen-bond donors (Lipinski definition) is 3. The van der Waals surface area contributed by atoms with E-state index in [1.807, 2.05) is 24.3 Å². The molecule has 96 valence electrons. The van der Waals surface area contributed by atoms with Crippen LogP contribution in [0, 0.1) is 0 Å². The Morgan fingerprint density at radius 2 is 2.06 bits per heavy atom. The maximum absolute atomic E-state index is 10.9. The molecule has 1 heterocycles. The third-order valence-electron chi connectivity index (χ3n) is 3.17. The van der Waals surface area contributed by atoms with E-state index in [9.17, 15) is 4.79 Å². The summed E-state index contributed by atoms with van der Waals surface area (Å²) in [6.45, 7) is 4.17. The number of rotatable bonds is 4. The fourth-order valence-electron chi connectivity index (χ4n) is 2.24. The van der Waals surface area contributed by atoms with Crippen LogP contribution in [-0.2, 0) is 11.2 Å². The van der Waals surface area contributed by atoms with E-state index in [2.05, 4.69) is 18.8 Å². The number of carbonyl (C=O) groups is 1. The number of aromatic nitrogens is 1. The van der Waals surface area contributed by atoms with Crippen LogP contribution in [0.5, 0.6) is 0 Å². The average Bonchev–Trinajstić information content (AvgIpc) is 2.68. The van der Waals surface area contributed by atoms with E-state index < -0.39 is 12.0 Å². The molecule has 1 unspecified atom stereocenters. The van der Waals surface area contributed by atoms with Gasteiger partial charge in [0.15, 0.2) is 0 Å². The summed E-state index contributed by atoms with van der Waals surface area (Å²) >= 11 is 0. The van der Waals surface area contributed by atoms with Gasteiger partial charge in [-0.1, -0.05) is 32.0 Å². The highest BCUT2D eigenvalue weighted by molar-refractivity contribution is 5.86. The van der Waals surface area contributed by atoms with Crippen LogP contribution in [0.15, 0.2) is 24.3 Å². The van der Waals surface area contributed by atoms with Gasteiger partial charge in [0.05, 0.1) is 0 Å². The molecule has 0 fully saturated rings. The van der Waals surface area contributed by atoms with Gasteiger partial charge in [0.1, 0.15) is 6.04 Å². The largest absolute Gasteiger partial charge is 0.480 e. The van der Waals surface area contributed by atoms with Gasteiger partial charge in [-0.3, -0.25) is 4.79 Å². The zero-order chi connectivity index (χ0) is 13.3. The Bertz CT molecular complexity index is 572. The lowest BCUT2D eigenvalue weighted by Crippen LogP contribution is -2.32. The Balaban J connectivity index is 2.51. The van der Waals surface area contributed by atoms with E-state index in [0.29, 0.717) is 12.3 Å². The van der Waals surface area contributed by atoms with Crippen molar-refractivity contribution in [2.75, 3.05) is 0 Å². The summed E-state index contributed by atoms with van der Waals surface area (Å²) in [6, 6.07) is 7.06. The van der Waals surface area contributed by atoms with Crippen molar-refractivity contribution >= 4 is 16.9 Å². The molecule has 0 saturated heterocycles. The number of nitrogens with two attached hydrogens (primary N) is 1. The second kappa shape index (κ2) is 4.82. The Morgan fingerprint density at radius 3 is 2.67 bits per heavy atom. The van der Waals surface area contributed by atoms with Crippen molar-refractivity contribution in [3.63, 3.8) is 0 Å². The summed E-state index contributed by atoms with van der Waals surface area (Å²) in [5.74, 6) is -0.650. The first-order valence-corrected chi connectivity index (χ1v) is 6.08. The quantitative estimate of drug-likeness (QED) is 0.774. The fraction of sp³-hybridized carbons (Fsp3) is 0.357. The Kier molecular flexibility index (Phi) is 3.39. The third kappa shape index (κ3) is 2.24. The summed E-state index contributed by atoms with van der Waals surface area (Å²) in [7, 11) is 0. The molecule has 0 radical (unpaired) electrons. The molecule has 2 rings (SSSR count). The van der Waals surface area contributed by atoms with Crippen molar-refractivity contribution in [3.05, 3.63) is 35.5 Å². The van der Waals surface area contributed by atoms with Crippen molar-refractivity contribution in [3.8, 4) is 0 Å². The van der Waals surface area contributed by atoms with E-state index in [1.54, 1.807) is 0 Å². The summed E-state index contributed by atoms with van der Waals surface area (Å²) in [6.07, 6.45) is 0.354. The van der Waals surface area contributed by atoms with Crippen molar-refractivity contribution in [1.82, 2.24) is 4.98 Å². The summed E-state index contributed by atoms with van der Waals surface area (Å²) in [5, 5.41) is 10.0. The first-order chi connectivity index (χ1) is 8.50. The van der Waals surface area contributed by atoms with Gasteiger partial charge in [0, 0.05) is 23.0 Å². The Morgan fingerprint density at radius 1 is 1.39 bits per heavy atom. The number of aliphatic carboxylic acids is 1. The Labute approximate surface area is 106 Å².